The van der Waals surface area contributed by atoms with Crippen molar-refractivity contribution < 1.29 is 0 Å². The Morgan fingerprint density at radius 3 is 3.00 bits per heavy atom. The predicted octanol–water partition coefficient (Wildman–Crippen LogP) is 2.21. The van der Waals surface area contributed by atoms with E-state index >= 15 is 0 Å². The highest BCUT2D eigenvalue weighted by Gasteiger charge is 1.93. The van der Waals surface area contributed by atoms with Crippen LogP contribution in [-0.2, 0) is 6.42 Å². The van der Waals surface area contributed by atoms with E-state index in [2.05, 4.69) is 33.9 Å². The quantitative estimate of drug-likeness (QED) is 0.653. The zero-order chi connectivity index (χ0) is 6.69. The van der Waals surface area contributed by atoms with Crippen LogP contribution < -0.4 is 0 Å². The van der Waals surface area contributed by atoms with Gasteiger partial charge in [-0.25, -0.2) is 0 Å². The van der Waals surface area contributed by atoms with Gasteiger partial charge < -0.3 is 0 Å². The minimum Gasteiger partial charge on any atom is -0.263 e. The first-order valence-corrected chi connectivity index (χ1v) is 3.64. The summed E-state index contributed by atoms with van der Waals surface area (Å²) in [5, 5.41) is 0. The summed E-state index contributed by atoms with van der Waals surface area (Å²) in [5.74, 6) is 0. The fourth-order valence-corrected chi connectivity index (χ4v) is 1.15. The fraction of sp³-hybridized carbons (Fsp3) is 0.286. The molecule has 0 unspecified atom stereocenters. The predicted molar refractivity (Wildman–Crippen MR) is 40.2 cm³/mol. The molecule has 1 heterocycles. The van der Waals surface area contributed by atoms with Crippen molar-refractivity contribution in [2.24, 2.45) is 0 Å². The summed E-state index contributed by atoms with van der Waals surface area (Å²) in [6.07, 6.45) is 4.47. The Morgan fingerprint density at radius 2 is 2.56 bits per heavy atom. The second-order valence-corrected chi connectivity index (χ2v) is 2.59. The molecule has 0 aliphatic rings. The molecule has 0 atom stereocenters. The maximum Gasteiger partial charge on any atom is 0.0413 e. The molecular formula is C7H7BrN. The van der Waals surface area contributed by atoms with Crippen LogP contribution in [0.1, 0.15) is 12.5 Å². The van der Waals surface area contributed by atoms with Gasteiger partial charge >= 0.3 is 0 Å². The summed E-state index contributed by atoms with van der Waals surface area (Å²) < 4.78 is 1.05. The Bertz CT molecular complexity index is 198. The van der Waals surface area contributed by atoms with Crippen LogP contribution in [-0.4, -0.2) is 4.98 Å². The first-order valence-electron chi connectivity index (χ1n) is 2.84. The minimum absolute atomic E-state index is 1.00. The highest BCUT2D eigenvalue weighted by atomic mass is 79.9. The molecular weight excluding hydrogens is 178 g/mol. The molecule has 1 aromatic rings. The monoisotopic (exact) mass is 184 g/mol. The number of aromatic nitrogens is 1. The van der Waals surface area contributed by atoms with E-state index < -0.39 is 0 Å². The van der Waals surface area contributed by atoms with Crippen molar-refractivity contribution in [1.82, 2.24) is 4.98 Å². The largest absolute Gasteiger partial charge is 0.263 e. The summed E-state index contributed by atoms with van der Waals surface area (Å²) in [5.41, 5.74) is 1.19. The molecule has 47 valence electrons. The third-order valence-corrected chi connectivity index (χ3v) is 1.83. The Hall–Kier alpha value is -0.370. The van der Waals surface area contributed by atoms with Crippen LogP contribution in [0.2, 0.25) is 0 Å². The van der Waals surface area contributed by atoms with Crippen molar-refractivity contribution in [3.05, 3.63) is 28.5 Å². The first kappa shape index (κ1) is 6.75. The minimum atomic E-state index is 1.00. The maximum atomic E-state index is 3.89. The zero-order valence-corrected chi connectivity index (χ0v) is 6.77. The molecule has 0 amide bonds. The SMILES string of the molecule is CCc1[c]cncc1Br. The number of hydrogen-bond acceptors (Lipinski definition) is 1. The average Bonchev–Trinajstić information content (AvgIpc) is 1.89. The average molecular weight is 185 g/mol. The van der Waals surface area contributed by atoms with Crippen molar-refractivity contribution in [3.8, 4) is 0 Å². The lowest BCUT2D eigenvalue weighted by atomic mass is 10.2. The van der Waals surface area contributed by atoms with Crippen LogP contribution in [0.3, 0.4) is 0 Å². The first-order chi connectivity index (χ1) is 4.34. The van der Waals surface area contributed by atoms with Crippen molar-refractivity contribution in [2.45, 2.75) is 13.3 Å². The summed E-state index contributed by atoms with van der Waals surface area (Å²) in [6, 6.07) is 3.03. The van der Waals surface area contributed by atoms with E-state index in [1.165, 1.54) is 5.56 Å². The fourth-order valence-electron chi connectivity index (χ4n) is 0.636. The van der Waals surface area contributed by atoms with Crippen LogP contribution in [0.5, 0.6) is 0 Å². The molecule has 0 bridgehead atoms. The Kier molecular flexibility index (Phi) is 2.22. The third-order valence-electron chi connectivity index (χ3n) is 1.14. The second-order valence-electron chi connectivity index (χ2n) is 1.73. The number of hydrogen-bond donors (Lipinski definition) is 0. The molecule has 0 aliphatic heterocycles. The van der Waals surface area contributed by atoms with Crippen LogP contribution in [0, 0.1) is 6.07 Å². The Balaban J connectivity index is 3.01. The van der Waals surface area contributed by atoms with E-state index in [1.54, 1.807) is 12.4 Å². The lowest BCUT2D eigenvalue weighted by Crippen LogP contribution is -1.82. The molecule has 0 aliphatic carbocycles. The molecule has 2 heteroatoms. The zero-order valence-electron chi connectivity index (χ0n) is 5.19. The van der Waals surface area contributed by atoms with E-state index in [1.807, 2.05) is 0 Å². The van der Waals surface area contributed by atoms with Crippen LogP contribution in [0.15, 0.2) is 16.9 Å². The topological polar surface area (TPSA) is 12.9 Å². The van der Waals surface area contributed by atoms with Gasteiger partial charge in [0, 0.05) is 22.9 Å². The van der Waals surface area contributed by atoms with Gasteiger partial charge in [-0.1, -0.05) is 6.92 Å². The van der Waals surface area contributed by atoms with E-state index in [4.69, 9.17) is 0 Å². The van der Waals surface area contributed by atoms with Crippen molar-refractivity contribution in [3.63, 3.8) is 0 Å². The molecule has 0 fully saturated rings. The lowest BCUT2D eigenvalue weighted by molar-refractivity contribution is 1.10. The second kappa shape index (κ2) is 2.97. The molecule has 0 saturated heterocycles. The molecule has 1 radical (unpaired) electrons. The highest BCUT2D eigenvalue weighted by Crippen LogP contribution is 2.13. The number of aryl methyl sites for hydroxylation is 1. The lowest BCUT2D eigenvalue weighted by Gasteiger charge is -1.95. The van der Waals surface area contributed by atoms with E-state index in [0.717, 1.165) is 10.9 Å². The summed E-state index contributed by atoms with van der Waals surface area (Å²) in [4.78, 5) is 3.89. The molecule has 1 aromatic heterocycles. The summed E-state index contributed by atoms with van der Waals surface area (Å²) in [6.45, 7) is 2.09. The number of halogens is 1. The molecule has 0 aromatic carbocycles. The highest BCUT2D eigenvalue weighted by molar-refractivity contribution is 9.10. The maximum absolute atomic E-state index is 3.89. The summed E-state index contributed by atoms with van der Waals surface area (Å²) >= 11 is 3.36. The molecule has 0 N–H and O–H groups in total. The van der Waals surface area contributed by atoms with Crippen molar-refractivity contribution in [1.29, 1.82) is 0 Å². The van der Waals surface area contributed by atoms with Gasteiger partial charge in [0.25, 0.3) is 0 Å². The van der Waals surface area contributed by atoms with Gasteiger partial charge in [-0.2, -0.15) is 0 Å². The number of rotatable bonds is 1. The molecule has 0 spiro atoms. The number of pyridine rings is 1. The molecule has 0 saturated carbocycles. The molecule has 1 rings (SSSR count). The van der Waals surface area contributed by atoms with Crippen molar-refractivity contribution in [2.75, 3.05) is 0 Å². The standard InChI is InChI=1S/C7H7BrN/c1-2-6-3-4-9-5-7(6)8/h4-5H,2H2,1H3. The summed E-state index contributed by atoms with van der Waals surface area (Å²) in [7, 11) is 0. The Morgan fingerprint density at radius 1 is 1.78 bits per heavy atom. The van der Waals surface area contributed by atoms with E-state index in [0.29, 0.717) is 0 Å². The van der Waals surface area contributed by atoms with Gasteiger partial charge in [0.2, 0.25) is 0 Å². The molecule has 1 nitrogen and oxygen atoms in total. The van der Waals surface area contributed by atoms with Crippen LogP contribution in [0.25, 0.3) is 0 Å². The third kappa shape index (κ3) is 1.52. The van der Waals surface area contributed by atoms with Crippen molar-refractivity contribution >= 4 is 15.9 Å². The van der Waals surface area contributed by atoms with Gasteiger partial charge in [0.15, 0.2) is 0 Å². The van der Waals surface area contributed by atoms with Gasteiger partial charge in [0.1, 0.15) is 0 Å². The van der Waals surface area contributed by atoms with E-state index in [9.17, 15) is 0 Å². The number of nitrogens with zero attached hydrogens (tertiary/aromatic N) is 1. The van der Waals surface area contributed by atoms with Gasteiger partial charge in [0.05, 0.1) is 0 Å². The normalized spacial score (nSPS) is 9.56. The molecule has 9 heavy (non-hydrogen) atoms. The van der Waals surface area contributed by atoms with Gasteiger partial charge in [-0.05, 0) is 27.9 Å². The smallest absolute Gasteiger partial charge is 0.0413 e. The Labute approximate surface area is 63.2 Å². The van der Waals surface area contributed by atoms with Gasteiger partial charge in [-0.3, -0.25) is 4.98 Å². The van der Waals surface area contributed by atoms with Crippen LogP contribution in [0.4, 0.5) is 0 Å². The van der Waals surface area contributed by atoms with Crippen LogP contribution >= 0.6 is 15.9 Å². The van der Waals surface area contributed by atoms with Gasteiger partial charge in [-0.15, -0.1) is 0 Å². The van der Waals surface area contributed by atoms with E-state index in [-0.39, 0.29) is 0 Å².